The van der Waals surface area contributed by atoms with Gasteiger partial charge < -0.3 is 0 Å². The maximum Gasteiger partial charge on any atom is 0.417 e. The van der Waals surface area contributed by atoms with Gasteiger partial charge in [-0.1, -0.05) is 29.3 Å². The first kappa shape index (κ1) is 18.9. The van der Waals surface area contributed by atoms with Crippen LogP contribution in [0, 0.1) is 5.82 Å². The molecule has 132 valence electrons. The SMILES string of the molecule is O=C(NC(=O)c1c(F)cccc1Cl)Nc1ncc(C(F)(F)F)cc1Cl. The highest BCUT2D eigenvalue weighted by Gasteiger charge is 2.31. The van der Waals surface area contributed by atoms with Crippen LogP contribution >= 0.6 is 23.2 Å². The summed E-state index contributed by atoms with van der Waals surface area (Å²) in [6.07, 6.45) is -4.20. The van der Waals surface area contributed by atoms with E-state index in [0.29, 0.717) is 12.3 Å². The predicted octanol–water partition coefficient (Wildman–Crippen LogP) is 4.51. The van der Waals surface area contributed by atoms with E-state index in [2.05, 4.69) is 4.98 Å². The number of carbonyl (C=O) groups excluding carboxylic acids is 2. The van der Waals surface area contributed by atoms with Gasteiger partial charge in [-0.15, -0.1) is 0 Å². The number of rotatable bonds is 2. The van der Waals surface area contributed by atoms with Crippen molar-refractivity contribution in [2.75, 3.05) is 5.32 Å². The number of nitrogens with one attached hydrogen (secondary N) is 2. The molecule has 3 amide bonds. The van der Waals surface area contributed by atoms with Gasteiger partial charge in [-0.3, -0.25) is 15.4 Å². The summed E-state index contributed by atoms with van der Waals surface area (Å²) in [5.41, 5.74) is -1.68. The molecule has 0 unspecified atom stereocenters. The van der Waals surface area contributed by atoms with E-state index < -0.39 is 45.9 Å². The summed E-state index contributed by atoms with van der Waals surface area (Å²) in [6.45, 7) is 0. The van der Waals surface area contributed by atoms with Crippen molar-refractivity contribution >= 4 is 41.0 Å². The molecule has 0 saturated carbocycles. The fourth-order valence-electron chi connectivity index (χ4n) is 1.70. The molecule has 0 radical (unpaired) electrons. The van der Waals surface area contributed by atoms with Crippen LogP contribution in [0.4, 0.5) is 28.2 Å². The first-order chi connectivity index (χ1) is 11.6. The van der Waals surface area contributed by atoms with Gasteiger partial charge in [0.15, 0.2) is 5.82 Å². The van der Waals surface area contributed by atoms with Crippen molar-refractivity contribution in [3.63, 3.8) is 0 Å². The van der Waals surface area contributed by atoms with Crippen LogP contribution in [-0.4, -0.2) is 16.9 Å². The summed E-state index contributed by atoms with van der Waals surface area (Å²) in [4.78, 5) is 26.9. The topological polar surface area (TPSA) is 71.1 Å². The Balaban J connectivity index is 2.12. The van der Waals surface area contributed by atoms with Crippen molar-refractivity contribution in [2.45, 2.75) is 6.18 Å². The molecule has 2 N–H and O–H groups in total. The maximum absolute atomic E-state index is 13.6. The number of aromatic nitrogens is 1. The largest absolute Gasteiger partial charge is 0.417 e. The van der Waals surface area contributed by atoms with Crippen LogP contribution in [0.3, 0.4) is 0 Å². The lowest BCUT2D eigenvalue weighted by molar-refractivity contribution is -0.137. The average Bonchev–Trinajstić information content (AvgIpc) is 2.48. The van der Waals surface area contributed by atoms with Crippen LogP contribution in [0.15, 0.2) is 30.5 Å². The first-order valence-corrected chi connectivity index (χ1v) is 7.14. The number of hydrogen-bond acceptors (Lipinski definition) is 3. The third kappa shape index (κ3) is 4.58. The number of anilines is 1. The molecular weight excluding hydrogens is 389 g/mol. The highest BCUT2D eigenvalue weighted by Crippen LogP contribution is 2.32. The number of halogens is 6. The predicted molar refractivity (Wildman–Crippen MR) is 82.1 cm³/mol. The van der Waals surface area contributed by atoms with Gasteiger partial charge in [0.05, 0.1) is 21.2 Å². The van der Waals surface area contributed by atoms with Crippen LogP contribution in [0.25, 0.3) is 0 Å². The van der Waals surface area contributed by atoms with Gasteiger partial charge in [0.2, 0.25) is 0 Å². The Hall–Kier alpha value is -2.39. The molecule has 2 rings (SSSR count). The van der Waals surface area contributed by atoms with Gasteiger partial charge in [0, 0.05) is 6.20 Å². The summed E-state index contributed by atoms with van der Waals surface area (Å²) >= 11 is 11.3. The Morgan fingerprint density at radius 2 is 1.80 bits per heavy atom. The van der Waals surface area contributed by atoms with E-state index in [1.54, 1.807) is 5.32 Å². The Bertz CT molecular complexity index is 823. The molecule has 0 bridgehead atoms. The molecule has 1 heterocycles. The maximum atomic E-state index is 13.6. The summed E-state index contributed by atoms with van der Waals surface area (Å²) in [5.74, 6) is -2.52. The monoisotopic (exact) mass is 395 g/mol. The lowest BCUT2D eigenvalue weighted by atomic mass is 10.2. The van der Waals surface area contributed by atoms with E-state index in [0.717, 1.165) is 6.07 Å². The molecule has 5 nitrogen and oxygen atoms in total. The molecule has 0 aliphatic carbocycles. The van der Waals surface area contributed by atoms with E-state index in [1.165, 1.54) is 12.1 Å². The zero-order chi connectivity index (χ0) is 18.8. The van der Waals surface area contributed by atoms with Crippen LogP contribution in [-0.2, 0) is 6.18 Å². The van der Waals surface area contributed by atoms with E-state index in [4.69, 9.17) is 23.2 Å². The molecule has 0 atom stereocenters. The number of nitrogens with zero attached hydrogens (tertiary/aromatic N) is 1. The third-order valence-electron chi connectivity index (χ3n) is 2.82. The van der Waals surface area contributed by atoms with Gasteiger partial charge in [-0.25, -0.2) is 14.2 Å². The number of amides is 3. The van der Waals surface area contributed by atoms with Crippen molar-refractivity contribution in [2.24, 2.45) is 0 Å². The molecule has 0 aliphatic rings. The molecule has 0 aliphatic heterocycles. The van der Waals surface area contributed by atoms with Gasteiger partial charge in [-0.2, -0.15) is 13.2 Å². The van der Waals surface area contributed by atoms with Crippen LogP contribution in [0.2, 0.25) is 10.0 Å². The normalized spacial score (nSPS) is 11.1. The van der Waals surface area contributed by atoms with Crippen molar-refractivity contribution in [1.82, 2.24) is 10.3 Å². The summed E-state index contributed by atoms with van der Waals surface area (Å²) in [7, 11) is 0. The lowest BCUT2D eigenvalue weighted by Crippen LogP contribution is -2.35. The minimum atomic E-state index is -4.66. The van der Waals surface area contributed by atoms with E-state index in [9.17, 15) is 27.2 Å². The number of pyridine rings is 1. The number of alkyl halides is 3. The van der Waals surface area contributed by atoms with Gasteiger partial charge in [-0.05, 0) is 18.2 Å². The standard InChI is InChI=1S/C14H7Cl2F4N3O2/c15-7-2-1-3-9(17)10(7)12(24)23-13(25)22-11-8(16)4-6(5-21-11)14(18,19)20/h1-5H,(H2,21,22,23,24,25). The summed E-state index contributed by atoms with van der Waals surface area (Å²) in [5, 5.41) is 3.02. The molecule has 1 aromatic heterocycles. The van der Waals surface area contributed by atoms with Crippen molar-refractivity contribution in [1.29, 1.82) is 0 Å². The van der Waals surface area contributed by atoms with Crippen LogP contribution in [0.5, 0.6) is 0 Å². The molecule has 2 aromatic rings. The zero-order valence-corrected chi connectivity index (χ0v) is 13.4. The number of urea groups is 1. The number of imide groups is 1. The smallest absolute Gasteiger partial charge is 0.291 e. The summed E-state index contributed by atoms with van der Waals surface area (Å²) in [6, 6.07) is 2.84. The second kappa shape index (κ2) is 7.24. The average molecular weight is 396 g/mol. The van der Waals surface area contributed by atoms with Gasteiger partial charge in [0.1, 0.15) is 5.82 Å². The van der Waals surface area contributed by atoms with E-state index >= 15 is 0 Å². The van der Waals surface area contributed by atoms with Crippen LogP contribution < -0.4 is 10.6 Å². The fraction of sp³-hybridized carbons (Fsp3) is 0.0714. The van der Waals surface area contributed by atoms with Crippen LogP contribution in [0.1, 0.15) is 15.9 Å². The molecule has 0 fully saturated rings. The van der Waals surface area contributed by atoms with Gasteiger partial charge in [0.25, 0.3) is 5.91 Å². The highest BCUT2D eigenvalue weighted by atomic mass is 35.5. The first-order valence-electron chi connectivity index (χ1n) is 6.38. The second-order valence-electron chi connectivity index (χ2n) is 4.56. The van der Waals surface area contributed by atoms with Gasteiger partial charge >= 0.3 is 12.2 Å². The number of benzene rings is 1. The molecule has 1 aromatic carbocycles. The number of carbonyl (C=O) groups is 2. The zero-order valence-electron chi connectivity index (χ0n) is 11.9. The van der Waals surface area contributed by atoms with Crippen molar-refractivity contribution in [3.8, 4) is 0 Å². The molecule has 0 saturated heterocycles. The van der Waals surface area contributed by atoms with Crippen molar-refractivity contribution < 1.29 is 27.2 Å². The molecular formula is C14H7Cl2F4N3O2. The Labute approximate surface area is 147 Å². The van der Waals surface area contributed by atoms with E-state index in [-0.39, 0.29) is 5.02 Å². The Morgan fingerprint density at radius 1 is 1.12 bits per heavy atom. The van der Waals surface area contributed by atoms with E-state index in [1.807, 2.05) is 5.32 Å². The third-order valence-corrected chi connectivity index (χ3v) is 3.42. The Morgan fingerprint density at radius 3 is 2.36 bits per heavy atom. The second-order valence-corrected chi connectivity index (χ2v) is 5.37. The Kier molecular flexibility index (Phi) is 5.48. The number of hydrogen-bond donors (Lipinski definition) is 2. The molecule has 0 spiro atoms. The fourth-order valence-corrected chi connectivity index (χ4v) is 2.17. The molecule has 25 heavy (non-hydrogen) atoms. The minimum Gasteiger partial charge on any atom is -0.291 e. The minimum absolute atomic E-state index is 0.226. The lowest BCUT2D eigenvalue weighted by Gasteiger charge is -2.11. The van der Waals surface area contributed by atoms with Crippen molar-refractivity contribution in [3.05, 3.63) is 57.5 Å². The highest BCUT2D eigenvalue weighted by molar-refractivity contribution is 6.34. The summed E-state index contributed by atoms with van der Waals surface area (Å²) < 4.78 is 51.1. The molecule has 11 heteroatoms. The quantitative estimate of drug-likeness (QED) is 0.734.